The predicted octanol–water partition coefficient (Wildman–Crippen LogP) is 0.658. The number of hydrogen-bond donors (Lipinski definition) is 1. The zero-order valence-electron chi connectivity index (χ0n) is 13.2. The van der Waals surface area contributed by atoms with E-state index in [2.05, 4.69) is 5.32 Å². The van der Waals surface area contributed by atoms with E-state index in [1.807, 2.05) is 19.0 Å². The first-order valence-electron chi connectivity index (χ1n) is 6.80. The van der Waals surface area contributed by atoms with E-state index in [1.165, 1.54) is 19.1 Å². The average Bonchev–Trinajstić information content (AvgIpc) is 2.39. The van der Waals surface area contributed by atoms with Gasteiger partial charge in [-0.05, 0) is 45.3 Å². The van der Waals surface area contributed by atoms with Gasteiger partial charge in [0, 0.05) is 13.1 Å². The van der Waals surface area contributed by atoms with E-state index < -0.39 is 27.8 Å². The number of sulfonamides is 1. The molecule has 124 valence electrons. The molecule has 0 radical (unpaired) electrons. The van der Waals surface area contributed by atoms with Crippen LogP contribution in [-0.4, -0.2) is 58.7 Å². The van der Waals surface area contributed by atoms with E-state index in [-0.39, 0.29) is 5.69 Å². The molecule has 1 rings (SSSR count). The fourth-order valence-corrected chi connectivity index (χ4v) is 3.12. The van der Waals surface area contributed by atoms with Gasteiger partial charge in [0.05, 0.1) is 11.9 Å². The van der Waals surface area contributed by atoms with E-state index in [4.69, 9.17) is 0 Å². The summed E-state index contributed by atoms with van der Waals surface area (Å²) in [5, 5.41) is 2.69. The van der Waals surface area contributed by atoms with Crippen molar-refractivity contribution in [2.75, 3.05) is 37.7 Å². The number of amides is 1. The second-order valence-electron chi connectivity index (χ2n) is 5.31. The number of anilines is 1. The largest absolute Gasteiger partial charge is 0.353 e. The first kappa shape index (κ1) is 18.4. The molecule has 0 heterocycles. The Balaban J connectivity index is 2.93. The Morgan fingerprint density at radius 3 is 2.27 bits per heavy atom. The highest BCUT2D eigenvalue weighted by Gasteiger charge is 2.28. The zero-order chi connectivity index (χ0) is 16.9. The minimum atomic E-state index is -3.68. The van der Waals surface area contributed by atoms with Gasteiger partial charge in [-0.25, -0.2) is 12.8 Å². The second kappa shape index (κ2) is 7.55. The van der Waals surface area contributed by atoms with Crippen molar-refractivity contribution < 1.29 is 17.6 Å². The Labute approximate surface area is 131 Å². The summed E-state index contributed by atoms with van der Waals surface area (Å²) >= 11 is 0. The summed E-state index contributed by atoms with van der Waals surface area (Å²) in [7, 11) is 0.0671. The molecule has 0 saturated heterocycles. The summed E-state index contributed by atoms with van der Waals surface area (Å²) in [6.07, 6.45) is 1.01. The van der Waals surface area contributed by atoms with Crippen LogP contribution in [0.3, 0.4) is 0 Å². The summed E-state index contributed by atoms with van der Waals surface area (Å²) in [4.78, 5) is 14.0. The molecule has 1 N–H and O–H groups in total. The van der Waals surface area contributed by atoms with Crippen molar-refractivity contribution in [3.63, 3.8) is 0 Å². The number of carbonyl (C=O) groups is 1. The molecule has 0 aliphatic heterocycles. The topological polar surface area (TPSA) is 69.7 Å². The van der Waals surface area contributed by atoms with Crippen LogP contribution in [0.25, 0.3) is 0 Å². The number of likely N-dealkylation sites (N-methyl/N-ethyl adjacent to an activating group) is 1. The van der Waals surface area contributed by atoms with Crippen molar-refractivity contribution in [3.05, 3.63) is 30.1 Å². The van der Waals surface area contributed by atoms with Gasteiger partial charge in [0.25, 0.3) is 0 Å². The van der Waals surface area contributed by atoms with Crippen LogP contribution in [-0.2, 0) is 14.8 Å². The Morgan fingerprint density at radius 1 is 1.27 bits per heavy atom. The summed E-state index contributed by atoms with van der Waals surface area (Å²) in [5.41, 5.74) is 0.249. The van der Waals surface area contributed by atoms with E-state index in [1.54, 1.807) is 0 Å². The molecule has 8 heteroatoms. The lowest BCUT2D eigenvalue weighted by atomic mass is 10.2. The highest BCUT2D eigenvalue weighted by atomic mass is 32.2. The molecule has 1 atom stereocenters. The number of carbonyl (C=O) groups excluding carboxylic acids is 1. The summed E-state index contributed by atoms with van der Waals surface area (Å²) in [5.74, 6) is -0.878. The molecule has 1 aromatic carbocycles. The average molecular weight is 331 g/mol. The molecule has 0 fully saturated rings. The van der Waals surface area contributed by atoms with Crippen LogP contribution >= 0.6 is 0 Å². The minimum Gasteiger partial charge on any atom is -0.353 e. The minimum absolute atomic E-state index is 0.249. The van der Waals surface area contributed by atoms with Crippen molar-refractivity contribution in [1.82, 2.24) is 10.2 Å². The molecule has 0 aliphatic rings. The van der Waals surface area contributed by atoms with Gasteiger partial charge in [0.2, 0.25) is 15.9 Å². The third kappa shape index (κ3) is 5.27. The highest BCUT2D eigenvalue weighted by Crippen LogP contribution is 2.21. The maximum absolute atomic E-state index is 13.0. The van der Waals surface area contributed by atoms with Crippen molar-refractivity contribution in [2.45, 2.75) is 13.0 Å². The number of halogens is 1. The maximum Gasteiger partial charge on any atom is 0.243 e. The SMILES string of the molecule is C[C@H](C(=O)NCCN(C)C)N(c1ccc(F)cc1)S(C)(=O)=O. The molecule has 0 aromatic heterocycles. The molecule has 0 saturated carbocycles. The Hall–Kier alpha value is -1.67. The van der Waals surface area contributed by atoms with E-state index in [0.717, 1.165) is 22.7 Å². The van der Waals surface area contributed by atoms with Crippen molar-refractivity contribution in [3.8, 4) is 0 Å². The van der Waals surface area contributed by atoms with Crippen LogP contribution in [0.4, 0.5) is 10.1 Å². The van der Waals surface area contributed by atoms with Crippen LogP contribution in [0.15, 0.2) is 24.3 Å². The Bertz CT molecular complexity index is 602. The highest BCUT2D eigenvalue weighted by molar-refractivity contribution is 7.92. The number of benzene rings is 1. The van der Waals surface area contributed by atoms with Gasteiger partial charge in [0.1, 0.15) is 11.9 Å². The molecule has 0 unspecified atom stereocenters. The lowest BCUT2D eigenvalue weighted by Gasteiger charge is -2.28. The molecule has 0 spiro atoms. The lowest BCUT2D eigenvalue weighted by molar-refractivity contribution is -0.121. The fraction of sp³-hybridized carbons (Fsp3) is 0.500. The molecule has 0 aliphatic carbocycles. The van der Waals surface area contributed by atoms with Gasteiger partial charge < -0.3 is 10.2 Å². The second-order valence-corrected chi connectivity index (χ2v) is 7.16. The molecule has 22 heavy (non-hydrogen) atoms. The number of hydrogen-bond acceptors (Lipinski definition) is 4. The van der Waals surface area contributed by atoms with Gasteiger partial charge in [0.15, 0.2) is 0 Å². The quantitative estimate of drug-likeness (QED) is 0.797. The molecule has 1 aromatic rings. The van der Waals surface area contributed by atoms with Crippen molar-refractivity contribution in [2.24, 2.45) is 0 Å². The van der Waals surface area contributed by atoms with Crippen molar-refractivity contribution in [1.29, 1.82) is 0 Å². The van der Waals surface area contributed by atoms with Crippen molar-refractivity contribution >= 4 is 21.6 Å². The van der Waals surface area contributed by atoms with Gasteiger partial charge >= 0.3 is 0 Å². The number of nitrogens with one attached hydrogen (secondary N) is 1. The first-order valence-corrected chi connectivity index (χ1v) is 8.65. The number of nitrogens with zero attached hydrogens (tertiary/aromatic N) is 2. The molecular weight excluding hydrogens is 309 g/mol. The first-order chi connectivity index (χ1) is 10.1. The lowest BCUT2D eigenvalue weighted by Crippen LogP contribution is -2.48. The molecule has 6 nitrogen and oxygen atoms in total. The van der Waals surface area contributed by atoms with E-state index in [0.29, 0.717) is 13.1 Å². The van der Waals surface area contributed by atoms with Crippen LogP contribution in [0.1, 0.15) is 6.92 Å². The smallest absolute Gasteiger partial charge is 0.243 e. The van der Waals surface area contributed by atoms with Crippen LogP contribution in [0.5, 0.6) is 0 Å². The normalized spacial score (nSPS) is 13.0. The summed E-state index contributed by atoms with van der Waals surface area (Å²) in [6, 6.07) is 4.05. The molecular formula is C14H22FN3O3S. The summed E-state index contributed by atoms with van der Waals surface area (Å²) in [6.45, 7) is 2.56. The summed E-state index contributed by atoms with van der Waals surface area (Å²) < 4.78 is 38.0. The van der Waals surface area contributed by atoms with Gasteiger partial charge in [-0.3, -0.25) is 9.10 Å². The van der Waals surface area contributed by atoms with Crippen LogP contribution in [0, 0.1) is 5.82 Å². The number of rotatable bonds is 7. The standard InChI is InChI=1S/C14H22FN3O3S/c1-11(14(19)16-9-10-17(2)3)18(22(4,20)21)13-7-5-12(15)6-8-13/h5-8,11H,9-10H2,1-4H3,(H,16,19)/t11-/m1/s1. The van der Waals surface area contributed by atoms with Crippen LogP contribution < -0.4 is 9.62 Å². The third-order valence-corrected chi connectivity index (χ3v) is 4.27. The van der Waals surface area contributed by atoms with E-state index >= 15 is 0 Å². The van der Waals surface area contributed by atoms with Gasteiger partial charge in [-0.15, -0.1) is 0 Å². The van der Waals surface area contributed by atoms with Gasteiger partial charge in [-0.1, -0.05) is 0 Å². The van der Waals surface area contributed by atoms with E-state index in [9.17, 15) is 17.6 Å². The monoisotopic (exact) mass is 331 g/mol. The zero-order valence-corrected chi connectivity index (χ0v) is 14.0. The maximum atomic E-state index is 13.0. The molecule has 1 amide bonds. The van der Waals surface area contributed by atoms with Gasteiger partial charge in [-0.2, -0.15) is 0 Å². The Morgan fingerprint density at radius 2 is 1.82 bits per heavy atom. The van der Waals surface area contributed by atoms with Crippen LogP contribution in [0.2, 0.25) is 0 Å². The predicted molar refractivity (Wildman–Crippen MR) is 84.7 cm³/mol. The Kier molecular flexibility index (Phi) is 6.31. The third-order valence-electron chi connectivity index (χ3n) is 3.03. The molecule has 0 bridgehead atoms. The fourth-order valence-electron chi connectivity index (χ4n) is 1.95.